The van der Waals surface area contributed by atoms with Crippen LogP contribution in [0.3, 0.4) is 0 Å². The average Bonchev–Trinajstić information content (AvgIpc) is 2.93. The monoisotopic (exact) mass is 518 g/mol. The van der Waals surface area contributed by atoms with Crippen molar-refractivity contribution in [1.29, 1.82) is 0 Å². The van der Waals surface area contributed by atoms with E-state index in [9.17, 15) is 19.5 Å². The number of methoxy groups -OCH3 is 1. The molecule has 7 nitrogen and oxygen atoms in total. The number of aliphatic hydroxyl groups is 1. The van der Waals surface area contributed by atoms with E-state index in [1.54, 1.807) is 24.3 Å². The number of hydrogen-bond donors (Lipinski definition) is 2. The predicted octanol–water partition coefficient (Wildman–Crippen LogP) is 4.68. The number of hydrogen-bond acceptors (Lipinski definition) is 5. The highest BCUT2D eigenvalue weighted by atomic mass is 16.5. The highest BCUT2D eigenvalue weighted by Gasteiger charge is 2.28. The van der Waals surface area contributed by atoms with E-state index in [4.69, 9.17) is 4.74 Å². The van der Waals surface area contributed by atoms with Gasteiger partial charge in [-0.1, -0.05) is 78.9 Å². The number of aliphatic hydroxyl groups excluding tert-OH is 1. The molecule has 0 aromatic heterocycles. The molecule has 2 N–H and O–H groups in total. The molecule has 7 heteroatoms. The molecule has 0 unspecified atom stereocenters. The van der Waals surface area contributed by atoms with Crippen molar-refractivity contribution in [3.8, 4) is 0 Å². The summed E-state index contributed by atoms with van der Waals surface area (Å²) in [5.41, 5.74) is 1.18. The molecule has 0 aliphatic rings. The maximum atomic E-state index is 12.7. The van der Waals surface area contributed by atoms with Crippen LogP contribution in [0.2, 0.25) is 0 Å². The third-order valence-electron chi connectivity index (χ3n) is 5.80. The van der Waals surface area contributed by atoms with Crippen molar-refractivity contribution < 1.29 is 24.2 Å². The van der Waals surface area contributed by atoms with E-state index in [2.05, 4.69) is 5.32 Å². The Kier molecular flexibility index (Phi) is 12.4. The number of amides is 2. The van der Waals surface area contributed by atoms with Crippen molar-refractivity contribution in [3.63, 3.8) is 0 Å². The lowest BCUT2D eigenvalue weighted by molar-refractivity contribution is -0.129. The summed E-state index contributed by atoms with van der Waals surface area (Å²) in [5.74, 6) is -1.60. The molecule has 3 rings (SSSR count). The van der Waals surface area contributed by atoms with Crippen LogP contribution in [0.5, 0.6) is 0 Å². The van der Waals surface area contributed by atoms with E-state index in [0.717, 1.165) is 0 Å². The number of nitrogens with one attached hydrogen (secondary N) is 1. The predicted molar refractivity (Wildman–Crippen MR) is 149 cm³/mol. The van der Waals surface area contributed by atoms with E-state index in [1.807, 2.05) is 70.2 Å². The van der Waals surface area contributed by atoms with Crippen LogP contribution in [0.15, 0.2) is 91.0 Å². The van der Waals surface area contributed by atoms with Gasteiger partial charge < -0.3 is 20.1 Å². The smallest absolute Gasteiger partial charge is 0.295 e. The minimum absolute atomic E-state index is 0.106. The minimum Gasteiger partial charge on any atom is -0.386 e. The molecule has 3 aromatic rings. The van der Waals surface area contributed by atoms with Gasteiger partial charge in [-0.05, 0) is 45.4 Å². The number of rotatable bonds is 10. The van der Waals surface area contributed by atoms with Gasteiger partial charge in [-0.3, -0.25) is 14.4 Å². The molecule has 0 saturated carbocycles. The number of benzene rings is 3. The maximum absolute atomic E-state index is 12.7. The summed E-state index contributed by atoms with van der Waals surface area (Å²) in [7, 11) is 1.49. The zero-order chi connectivity index (χ0) is 28.1. The Hall–Kier alpha value is -3.81. The molecular formula is C31H38N2O5. The molecule has 2 atom stereocenters. The molecule has 0 radical (unpaired) electrons. The lowest BCUT2D eigenvalue weighted by Gasteiger charge is -2.30. The topological polar surface area (TPSA) is 95.9 Å². The Morgan fingerprint density at radius 1 is 0.763 bits per heavy atom. The van der Waals surface area contributed by atoms with Gasteiger partial charge in [0.15, 0.2) is 0 Å². The SMILES string of the molecule is COC[C@H](NC(=O)c1ccc(C(=O)C(=O)N(C(C)C)C(C)C)cc1)[C@@H](O)c1ccccc1.c1ccccc1. The molecule has 0 spiro atoms. The van der Waals surface area contributed by atoms with Crippen molar-refractivity contribution in [2.75, 3.05) is 13.7 Å². The van der Waals surface area contributed by atoms with E-state index in [0.29, 0.717) is 11.1 Å². The number of nitrogens with zero attached hydrogens (tertiary/aromatic N) is 1. The molecular weight excluding hydrogens is 480 g/mol. The summed E-state index contributed by atoms with van der Waals surface area (Å²) in [5, 5.41) is 13.4. The van der Waals surface area contributed by atoms with Crippen molar-refractivity contribution >= 4 is 17.6 Å². The van der Waals surface area contributed by atoms with Gasteiger partial charge in [0.2, 0.25) is 5.78 Å². The van der Waals surface area contributed by atoms with Gasteiger partial charge in [0.25, 0.3) is 11.8 Å². The third-order valence-corrected chi connectivity index (χ3v) is 5.80. The van der Waals surface area contributed by atoms with Gasteiger partial charge in [0.05, 0.1) is 12.6 Å². The fourth-order valence-electron chi connectivity index (χ4n) is 3.99. The van der Waals surface area contributed by atoms with Crippen LogP contribution < -0.4 is 5.32 Å². The molecule has 202 valence electrons. The first-order valence-corrected chi connectivity index (χ1v) is 12.7. The molecule has 0 aliphatic heterocycles. The molecule has 2 amide bonds. The van der Waals surface area contributed by atoms with Crippen LogP contribution in [0.1, 0.15) is 60.1 Å². The first-order valence-electron chi connectivity index (χ1n) is 12.7. The largest absolute Gasteiger partial charge is 0.386 e. The van der Waals surface area contributed by atoms with Crippen LogP contribution in [0.4, 0.5) is 0 Å². The van der Waals surface area contributed by atoms with Gasteiger partial charge >= 0.3 is 0 Å². The zero-order valence-corrected chi connectivity index (χ0v) is 22.7. The van der Waals surface area contributed by atoms with Gasteiger partial charge in [0.1, 0.15) is 6.10 Å². The summed E-state index contributed by atoms with van der Waals surface area (Å²) in [6.45, 7) is 7.56. The van der Waals surface area contributed by atoms with Crippen LogP contribution in [-0.2, 0) is 9.53 Å². The molecule has 0 heterocycles. The van der Waals surface area contributed by atoms with E-state index >= 15 is 0 Å². The fourth-order valence-corrected chi connectivity index (χ4v) is 3.99. The lowest BCUT2D eigenvalue weighted by atomic mass is 10.0. The third kappa shape index (κ3) is 8.94. The molecule has 0 aliphatic carbocycles. The highest BCUT2D eigenvalue weighted by molar-refractivity contribution is 6.42. The molecule has 0 bridgehead atoms. The van der Waals surface area contributed by atoms with Gasteiger partial charge in [-0.2, -0.15) is 0 Å². The summed E-state index contributed by atoms with van der Waals surface area (Å²) < 4.78 is 5.16. The summed E-state index contributed by atoms with van der Waals surface area (Å²) in [6.07, 6.45) is -0.948. The summed E-state index contributed by atoms with van der Waals surface area (Å²) >= 11 is 0. The first kappa shape index (κ1) is 30.4. The number of carbonyl (C=O) groups excluding carboxylic acids is 3. The number of ether oxygens (including phenoxy) is 1. The van der Waals surface area contributed by atoms with Crippen molar-refractivity contribution in [2.45, 2.75) is 51.9 Å². The Morgan fingerprint density at radius 3 is 1.66 bits per heavy atom. The number of carbonyl (C=O) groups is 3. The van der Waals surface area contributed by atoms with Gasteiger partial charge in [-0.15, -0.1) is 0 Å². The molecule has 0 fully saturated rings. The second-order valence-electron chi connectivity index (χ2n) is 9.35. The van der Waals surface area contributed by atoms with Crippen LogP contribution in [-0.4, -0.2) is 59.4 Å². The van der Waals surface area contributed by atoms with Gasteiger partial charge in [-0.25, -0.2) is 0 Å². The minimum atomic E-state index is -0.948. The average molecular weight is 519 g/mol. The quantitative estimate of drug-likeness (QED) is 0.300. The van der Waals surface area contributed by atoms with Gasteiger partial charge in [0, 0.05) is 30.3 Å². The lowest BCUT2D eigenvalue weighted by Crippen LogP contribution is -2.45. The standard InChI is InChI=1S/C25H32N2O5.C6H6/c1-16(2)27(17(3)4)25(31)23(29)19-11-13-20(14-12-19)24(30)26-21(15-32-5)22(28)18-9-7-6-8-10-18;1-2-4-6-5-3-1/h6-14,16-17,21-22,28H,15H2,1-5H3,(H,26,30);1-6H/t21-,22-;/m0./s1. The van der Waals surface area contributed by atoms with E-state index in [1.165, 1.54) is 36.3 Å². The second kappa shape index (κ2) is 15.4. The summed E-state index contributed by atoms with van der Waals surface area (Å²) in [6, 6.07) is 26.0. The number of Topliss-reactive ketones (excluding diaryl/α,β-unsaturated/α-hetero) is 1. The fraction of sp³-hybridized carbons (Fsp3) is 0.323. The Labute approximate surface area is 225 Å². The Bertz CT molecular complexity index is 1100. The molecule has 3 aromatic carbocycles. The van der Waals surface area contributed by atoms with Crippen molar-refractivity contribution in [3.05, 3.63) is 108 Å². The number of ketones is 1. The van der Waals surface area contributed by atoms with Crippen LogP contribution in [0, 0.1) is 0 Å². The Balaban J connectivity index is 0.000000739. The molecule has 38 heavy (non-hydrogen) atoms. The highest BCUT2D eigenvalue weighted by Crippen LogP contribution is 2.18. The second-order valence-corrected chi connectivity index (χ2v) is 9.35. The van der Waals surface area contributed by atoms with Crippen molar-refractivity contribution in [2.24, 2.45) is 0 Å². The summed E-state index contributed by atoms with van der Waals surface area (Å²) in [4.78, 5) is 39.5. The zero-order valence-electron chi connectivity index (χ0n) is 22.7. The van der Waals surface area contributed by atoms with Crippen molar-refractivity contribution in [1.82, 2.24) is 10.2 Å². The normalized spacial score (nSPS) is 12.2. The first-order chi connectivity index (χ1) is 18.2. The maximum Gasteiger partial charge on any atom is 0.295 e. The van der Waals surface area contributed by atoms with E-state index in [-0.39, 0.29) is 24.3 Å². The van der Waals surface area contributed by atoms with Crippen LogP contribution >= 0.6 is 0 Å². The molecule has 0 saturated heterocycles. The van der Waals surface area contributed by atoms with E-state index < -0.39 is 29.7 Å². The van der Waals surface area contributed by atoms with Crippen LogP contribution in [0.25, 0.3) is 0 Å². The Morgan fingerprint density at radius 2 is 1.21 bits per heavy atom.